The molecule has 0 aliphatic rings. The third-order valence-corrected chi connectivity index (χ3v) is 3.47. The van der Waals surface area contributed by atoms with Gasteiger partial charge in [-0.05, 0) is 34.7 Å². The molecule has 0 saturated carbocycles. The molecule has 3 rings (SSSR count). The standard InChI is InChI=1S/C16H16N.Y/c1-3-11-5-7-15-13(9-11)14-10-12(4-2)6-8-16(14)17-15;/h5-10H,3-4H2,1-2H3;/q-1;. The van der Waals surface area contributed by atoms with Crippen molar-refractivity contribution in [3.05, 3.63) is 47.5 Å². The molecule has 0 bridgehead atoms. The van der Waals surface area contributed by atoms with E-state index in [2.05, 4.69) is 55.2 Å². The number of fused-ring (bicyclic) bond motifs is 3. The van der Waals surface area contributed by atoms with E-state index in [4.69, 9.17) is 0 Å². The molecule has 1 nitrogen and oxygen atoms in total. The number of benzene rings is 2. The van der Waals surface area contributed by atoms with Crippen LogP contribution >= 0.6 is 0 Å². The molecule has 0 atom stereocenters. The first-order valence-electron chi connectivity index (χ1n) is 6.29. The largest absolute Gasteiger partial charge is 0.657 e. The summed E-state index contributed by atoms with van der Waals surface area (Å²) in [6.45, 7) is 4.38. The first kappa shape index (κ1) is 13.8. The molecule has 2 aromatic carbocycles. The van der Waals surface area contributed by atoms with Crippen molar-refractivity contribution in [2.75, 3.05) is 0 Å². The van der Waals surface area contributed by atoms with Crippen molar-refractivity contribution in [2.45, 2.75) is 26.7 Å². The van der Waals surface area contributed by atoms with Crippen molar-refractivity contribution < 1.29 is 32.7 Å². The Morgan fingerprint density at radius 2 is 1.22 bits per heavy atom. The molecule has 1 heterocycles. The second-order valence-corrected chi connectivity index (χ2v) is 4.52. The van der Waals surface area contributed by atoms with Gasteiger partial charge < -0.3 is 4.98 Å². The van der Waals surface area contributed by atoms with Gasteiger partial charge in [0.25, 0.3) is 0 Å². The molecule has 0 aliphatic carbocycles. The van der Waals surface area contributed by atoms with Gasteiger partial charge in [-0.3, -0.25) is 0 Å². The molecule has 0 amide bonds. The average Bonchev–Trinajstić information content (AvgIpc) is 2.75. The third kappa shape index (κ3) is 2.26. The van der Waals surface area contributed by atoms with E-state index in [0.717, 1.165) is 23.9 Å². The zero-order chi connectivity index (χ0) is 11.8. The minimum atomic E-state index is 0. The number of rotatable bonds is 2. The summed E-state index contributed by atoms with van der Waals surface area (Å²) < 4.78 is 0. The predicted octanol–water partition coefficient (Wildman–Crippen LogP) is 4.07. The molecule has 1 aromatic heterocycles. The molecular formula is C16H16NY-. The second kappa shape index (κ2) is 5.54. The summed E-state index contributed by atoms with van der Waals surface area (Å²) in [4.78, 5) is 4.67. The molecule has 0 fully saturated rings. The number of nitrogens with zero attached hydrogens (tertiary/aromatic N) is 1. The Morgan fingerprint density at radius 1 is 0.778 bits per heavy atom. The topological polar surface area (TPSA) is 14.1 Å². The van der Waals surface area contributed by atoms with Crippen LogP contribution in [-0.2, 0) is 45.6 Å². The van der Waals surface area contributed by atoms with Gasteiger partial charge in [0.1, 0.15) is 0 Å². The third-order valence-electron chi connectivity index (χ3n) is 3.47. The summed E-state index contributed by atoms with van der Waals surface area (Å²) in [5.74, 6) is 0. The second-order valence-electron chi connectivity index (χ2n) is 4.52. The van der Waals surface area contributed by atoms with E-state index < -0.39 is 0 Å². The van der Waals surface area contributed by atoms with Crippen molar-refractivity contribution in [3.63, 3.8) is 0 Å². The van der Waals surface area contributed by atoms with Gasteiger partial charge in [-0.1, -0.05) is 50.2 Å². The van der Waals surface area contributed by atoms with E-state index in [1.165, 1.54) is 21.9 Å². The van der Waals surface area contributed by atoms with Crippen LogP contribution in [0.15, 0.2) is 36.4 Å². The van der Waals surface area contributed by atoms with Crippen molar-refractivity contribution >= 4 is 21.8 Å². The monoisotopic (exact) mass is 311 g/mol. The van der Waals surface area contributed by atoms with Crippen molar-refractivity contribution in [2.24, 2.45) is 0 Å². The van der Waals surface area contributed by atoms with Gasteiger partial charge in [0.05, 0.1) is 0 Å². The van der Waals surface area contributed by atoms with Gasteiger partial charge in [-0.25, -0.2) is 0 Å². The van der Waals surface area contributed by atoms with Gasteiger partial charge in [0.15, 0.2) is 0 Å². The fourth-order valence-electron chi connectivity index (χ4n) is 2.36. The molecule has 0 spiro atoms. The van der Waals surface area contributed by atoms with E-state index in [9.17, 15) is 0 Å². The summed E-state index contributed by atoms with van der Waals surface area (Å²) in [6.07, 6.45) is 2.16. The van der Waals surface area contributed by atoms with Crippen LogP contribution in [0.4, 0.5) is 0 Å². The molecular weight excluding hydrogens is 295 g/mol. The molecule has 3 aromatic rings. The molecule has 89 valence electrons. The maximum absolute atomic E-state index is 4.67. The Balaban J connectivity index is 0.00000120. The van der Waals surface area contributed by atoms with Crippen molar-refractivity contribution in [1.82, 2.24) is 4.98 Å². The molecule has 0 saturated heterocycles. The summed E-state index contributed by atoms with van der Waals surface area (Å²) in [5.41, 5.74) is 5.00. The number of hydrogen-bond donors (Lipinski definition) is 0. The Morgan fingerprint density at radius 3 is 1.61 bits per heavy atom. The fraction of sp³-hybridized carbons (Fsp3) is 0.250. The van der Waals surface area contributed by atoms with Crippen LogP contribution in [0.3, 0.4) is 0 Å². The zero-order valence-electron chi connectivity index (χ0n) is 10.9. The Kier molecular flexibility index (Phi) is 4.24. The van der Waals surface area contributed by atoms with E-state index >= 15 is 0 Å². The Bertz CT molecular complexity index is 624. The van der Waals surface area contributed by atoms with Crippen LogP contribution in [0.2, 0.25) is 0 Å². The zero-order valence-corrected chi connectivity index (χ0v) is 13.7. The predicted molar refractivity (Wildman–Crippen MR) is 73.5 cm³/mol. The molecule has 18 heavy (non-hydrogen) atoms. The van der Waals surface area contributed by atoms with Crippen LogP contribution in [0.25, 0.3) is 21.8 Å². The van der Waals surface area contributed by atoms with Crippen molar-refractivity contribution in [1.29, 1.82) is 0 Å². The van der Waals surface area contributed by atoms with Gasteiger partial charge in [0.2, 0.25) is 0 Å². The van der Waals surface area contributed by atoms with E-state index in [0.29, 0.717) is 0 Å². The normalized spacial score (nSPS) is 10.8. The van der Waals surface area contributed by atoms with E-state index in [-0.39, 0.29) is 32.7 Å². The fourth-order valence-corrected chi connectivity index (χ4v) is 2.36. The minimum absolute atomic E-state index is 0. The van der Waals surface area contributed by atoms with Crippen LogP contribution in [0, 0.1) is 0 Å². The average molecular weight is 311 g/mol. The summed E-state index contributed by atoms with van der Waals surface area (Å²) in [6, 6.07) is 13.2. The van der Waals surface area contributed by atoms with E-state index in [1.54, 1.807) is 0 Å². The first-order chi connectivity index (χ1) is 8.31. The number of hydrogen-bond acceptors (Lipinski definition) is 0. The molecule has 1 radical (unpaired) electrons. The molecule has 2 heteroatoms. The minimum Gasteiger partial charge on any atom is -0.657 e. The molecule has 0 N–H and O–H groups in total. The maximum Gasteiger partial charge on any atom is 0 e. The quantitative estimate of drug-likeness (QED) is 0.696. The van der Waals surface area contributed by atoms with Gasteiger partial charge in [-0.2, -0.15) is 0 Å². The smallest absolute Gasteiger partial charge is 0 e. The van der Waals surface area contributed by atoms with Crippen LogP contribution < -0.4 is 4.98 Å². The van der Waals surface area contributed by atoms with Crippen LogP contribution in [0.1, 0.15) is 25.0 Å². The summed E-state index contributed by atoms with van der Waals surface area (Å²) in [5, 5.41) is 2.60. The number of aromatic nitrogens is 1. The van der Waals surface area contributed by atoms with Crippen LogP contribution in [0.5, 0.6) is 0 Å². The Hall–Kier alpha value is -0.656. The SMILES string of the molecule is CCc1ccc2[n-]c3ccc(CC)cc3c2c1.[Y]. The van der Waals surface area contributed by atoms with Gasteiger partial charge in [0, 0.05) is 32.7 Å². The number of aryl methyl sites for hydroxylation is 2. The van der Waals surface area contributed by atoms with Crippen molar-refractivity contribution in [3.8, 4) is 0 Å². The summed E-state index contributed by atoms with van der Waals surface area (Å²) in [7, 11) is 0. The molecule has 0 unspecified atom stereocenters. The van der Waals surface area contributed by atoms with Gasteiger partial charge in [-0.15, -0.1) is 11.0 Å². The van der Waals surface area contributed by atoms with Gasteiger partial charge >= 0.3 is 0 Å². The van der Waals surface area contributed by atoms with E-state index in [1.807, 2.05) is 0 Å². The van der Waals surface area contributed by atoms with Crippen LogP contribution in [-0.4, -0.2) is 0 Å². The summed E-state index contributed by atoms with van der Waals surface area (Å²) >= 11 is 0. The Labute approximate surface area is 133 Å². The maximum atomic E-state index is 4.67. The molecule has 0 aliphatic heterocycles. The first-order valence-corrected chi connectivity index (χ1v) is 6.29.